The monoisotopic (exact) mass is 365 g/mol. The summed E-state index contributed by atoms with van der Waals surface area (Å²) in [6.45, 7) is 1.00. The Labute approximate surface area is 150 Å². The highest BCUT2D eigenvalue weighted by Crippen LogP contribution is 2.48. The summed E-state index contributed by atoms with van der Waals surface area (Å²) in [7, 11) is -0.399. The molecule has 1 amide bonds. The van der Waals surface area contributed by atoms with Gasteiger partial charge in [0.25, 0.3) is 10.2 Å². The summed E-state index contributed by atoms with van der Waals surface area (Å²) < 4.78 is 28.2. The van der Waals surface area contributed by atoms with Gasteiger partial charge in [-0.15, -0.1) is 0 Å². The van der Waals surface area contributed by atoms with E-state index in [9.17, 15) is 13.2 Å². The van der Waals surface area contributed by atoms with Gasteiger partial charge in [-0.3, -0.25) is 4.79 Å². The Morgan fingerprint density at radius 2 is 1.96 bits per heavy atom. The van der Waals surface area contributed by atoms with E-state index in [2.05, 4.69) is 4.72 Å². The molecular formula is C18H27N3O3S. The van der Waals surface area contributed by atoms with Crippen molar-refractivity contribution in [3.05, 3.63) is 35.9 Å². The number of nitrogens with zero attached hydrogens (tertiary/aromatic N) is 2. The van der Waals surface area contributed by atoms with E-state index >= 15 is 0 Å². The summed E-state index contributed by atoms with van der Waals surface area (Å²) in [5.74, 6) is 0.182. The first-order valence-electron chi connectivity index (χ1n) is 8.85. The van der Waals surface area contributed by atoms with Gasteiger partial charge in [0.15, 0.2) is 0 Å². The summed E-state index contributed by atoms with van der Waals surface area (Å²) >= 11 is 0. The number of carbonyl (C=O) groups is 1. The van der Waals surface area contributed by atoms with E-state index in [1.807, 2.05) is 35.2 Å². The first-order valence-corrected chi connectivity index (χ1v) is 10.3. The Balaban J connectivity index is 1.79. The number of hydrogen-bond donors (Lipinski definition) is 1. The highest BCUT2D eigenvalue weighted by atomic mass is 32.2. The van der Waals surface area contributed by atoms with Crippen molar-refractivity contribution < 1.29 is 13.2 Å². The van der Waals surface area contributed by atoms with Crippen molar-refractivity contribution in [2.75, 3.05) is 20.6 Å². The van der Waals surface area contributed by atoms with Crippen molar-refractivity contribution in [1.29, 1.82) is 0 Å². The van der Waals surface area contributed by atoms with Gasteiger partial charge < -0.3 is 4.90 Å². The Bertz CT molecular complexity index is 720. The van der Waals surface area contributed by atoms with Crippen LogP contribution in [-0.4, -0.2) is 50.2 Å². The van der Waals surface area contributed by atoms with Crippen LogP contribution in [0, 0.1) is 5.41 Å². The third-order valence-corrected chi connectivity index (χ3v) is 7.15. The van der Waals surface area contributed by atoms with Crippen LogP contribution < -0.4 is 4.72 Å². The van der Waals surface area contributed by atoms with Gasteiger partial charge in [-0.1, -0.05) is 36.8 Å². The summed E-state index contributed by atoms with van der Waals surface area (Å²) in [5, 5.41) is 0. The smallest absolute Gasteiger partial charge is 0.278 e. The van der Waals surface area contributed by atoms with E-state index in [-0.39, 0.29) is 17.4 Å². The molecule has 2 aliphatic rings. The minimum absolute atomic E-state index is 0.110. The van der Waals surface area contributed by atoms with Gasteiger partial charge in [0.2, 0.25) is 5.91 Å². The summed E-state index contributed by atoms with van der Waals surface area (Å²) in [6.07, 6.45) is 4.20. The normalized spacial score (nSPS) is 26.9. The van der Waals surface area contributed by atoms with Gasteiger partial charge in [-0.2, -0.15) is 12.7 Å². The number of hydrogen-bond acceptors (Lipinski definition) is 3. The molecule has 1 saturated carbocycles. The summed E-state index contributed by atoms with van der Waals surface area (Å²) in [4.78, 5) is 14.6. The van der Waals surface area contributed by atoms with Crippen LogP contribution in [-0.2, 0) is 21.5 Å². The maximum atomic E-state index is 12.6. The molecule has 6 nitrogen and oxygen atoms in total. The van der Waals surface area contributed by atoms with Crippen LogP contribution in [0.15, 0.2) is 30.3 Å². The highest BCUT2D eigenvalue weighted by Gasteiger charge is 2.50. The largest absolute Gasteiger partial charge is 0.335 e. The Hall–Kier alpha value is -1.44. The SMILES string of the molecule is CN(C)S(=O)(=O)NC[C@@]12CCC[C@H]1N(Cc1ccccc1)C(=O)CC2. The van der Waals surface area contributed by atoms with Gasteiger partial charge in [0.05, 0.1) is 0 Å². The lowest BCUT2D eigenvalue weighted by atomic mass is 9.74. The number of nitrogens with one attached hydrogen (secondary N) is 1. The topological polar surface area (TPSA) is 69.7 Å². The molecule has 0 spiro atoms. The molecule has 2 fully saturated rings. The van der Waals surface area contributed by atoms with Gasteiger partial charge in [-0.25, -0.2) is 4.72 Å². The zero-order valence-electron chi connectivity index (χ0n) is 14.9. The third-order valence-electron chi connectivity index (χ3n) is 5.68. The average Bonchev–Trinajstić information content (AvgIpc) is 3.01. The fraction of sp³-hybridized carbons (Fsp3) is 0.611. The molecule has 0 bridgehead atoms. The van der Waals surface area contributed by atoms with Crippen molar-refractivity contribution >= 4 is 16.1 Å². The third kappa shape index (κ3) is 3.73. The quantitative estimate of drug-likeness (QED) is 0.835. The van der Waals surface area contributed by atoms with Gasteiger partial charge in [0.1, 0.15) is 0 Å². The van der Waals surface area contributed by atoms with Gasteiger partial charge in [0, 0.05) is 45.1 Å². The molecule has 1 saturated heterocycles. The van der Waals surface area contributed by atoms with E-state index in [0.29, 0.717) is 19.5 Å². The molecule has 3 rings (SSSR count). The maximum Gasteiger partial charge on any atom is 0.278 e. The highest BCUT2D eigenvalue weighted by molar-refractivity contribution is 7.87. The first kappa shape index (κ1) is 18.4. The Morgan fingerprint density at radius 1 is 1.24 bits per heavy atom. The molecule has 1 aliphatic heterocycles. The number of fused-ring (bicyclic) bond motifs is 1. The second-order valence-corrected chi connectivity index (χ2v) is 9.36. The Kier molecular flexibility index (Phi) is 5.18. The predicted molar refractivity (Wildman–Crippen MR) is 96.9 cm³/mol. The molecule has 138 valence electrons. The number of piperidine rings is 1. The minimum Gasteiger partial charge on any atom is -0.335 e. The van der Waals surface area contributed by atoms with Crippen molar-refractivity contribution in [2.24, 2.45) is 5.41 Å². The van der Waals surface area contributed by atoms with E-state index in [4.69, 9.17) is 0 Å². The lowest BCUT2D eigenvalue weighted by Crippen LogP contribution is -2.56. The molecule has 25 heavy (non-hydrogen) atoms. The number of likely N-dealkylation sites (tertiary alicyclic amines) is 1. The second-order valence-electron chi connectivity index (χ2n) is 7.39. The summed E-state index contributed by atoms with van der Waals surface area (Å²) in [5.41, 5.74) is 0.971. The fourth-order valence-electron chi connectivity index (χ4n) is 4.21. The van der Waals surface area contributed by atoms with Crippen LogP contribution in [0.1, 0.15) is 37.7 Å². The number of carbonyl (C=O) groups excluding carboxylic acids is 1. The van der Waals surface area contributed by atoms with Crippen LogP contribution in [0.2, 0.25) is 0 Å². The lowest BCUT2D eigenvalue weighted by Gasteiger charge is -2.46. The molecule has 1 aromatic rings. The van der Waals surface area contributed by atoms with Gasteiger partial charge >= 0.3 is 0 Å². The zero-order valence-corrected chi connectivity index (χ0v) is 15.8. The van der Waals surface area contributed by atoms with Crippen molar-refractivity contribution in [3.8, 4) is 0 Å². The van der Waals surface area contributed by atoms with E-state index in [1.165, 1.54) is 18.4 Å². The van der Waals surface area contributed by atoms with Crippen LogP contribution in [0.5, 0.6) is 0 Å². The minimum atomic E-state index is -3.45. The lowest BCUT2D eigenvalue weighted by molar-refractivity contribution is -0.142. The first-order chi connectivity index (χ1) is 11.8. The van der Waals surface area contributed by atoms with Crippen LogP contribution in [0.4, 0.5) is 0 Å². The fourth-order valence-corrected chi connectivity index (χ4v) is 4.94. The number of amides is 1. The standard InChI is InChI=1S/C18H27N3O3S/c1-20(2)25(23,24)19-14-18-11-6-9-16(18)21(17(22)10-12-18)13-15-7-4-3-5-8-15/h3-5,7-8,16,19H,6,9-14H2,1-2H3/t16-,18+/m1/s1. The second kappa shape index (κ2) is 7.05. The van der Waals surface area contributed by atoms with Crippen LogP contribution in [0.3, 0.4) is 0 Å². The molecule has 1 N–H and O–H groups in total. The van der Waals surface area contributed by atoms with E-state index in [1.54, 1.807) is 0 Å². The number of benzene rings is 1. The maximum absolute atomic E-state index is 12.6. The average molecular weight is 365 g/mol. The summed E-state index contributed by atoms with van der Waals surface area (Å²) in [6, 6.07) is 10.1. The van der Waals surface area contributed by atoms with E-state index in [0.717, 1.165) is 31.2 Å². The molecule has 0 radical (unpaired) electrons. The molecule has 0 aromatic heterocycles. The van der Waals surface area contributed by atoms with Crippen molar-refractivity contribution in [2.45, 2.75) is 44.7 Å². The number of rotatable bonds is 6. The van der Waals surface area contributed by atoms with Gasteiger partial charge in [-0.05, 0) is 24.8 Å². The molecular weight excluding hydrogens is 338 g/mol. The van der Waals surface area contributed by atoms with Crippen LogP contribution >= 0.6 is 0 Å². The predicted octanol–water partition coefficient (Wildman–Crippen LogP) is 1.74. The van der Waals surface area contributed by atoms with E-state index < -0.39 is 10.2 Å². The molecule has 7 heteroatoms. The molecule has 2 atom stereocenters. The van der Waals surface area contributed by atoms with Crippen molar-refractivity contribution in [1.82, 2.24) is 13.9 Å². The Morgan fingerprint density at radius 3 is 2.64 bits per heavy atom. The van der Waals surface area contributed by atoms with Crippen LogP contribution in [0.25, 0.3) is 0 Å². The molecule has 0 unspecified atom stereocenters. The molecule has 1 aliphatic carbocycles. The zero-order chi connectivity index (χ0) is 18.1. The molecule has 1 aromatic carbocycles. The van der Waals surface area contributed by atoms with Crippen molar-refractivity contribution in [3.63, 3.8) is 0 Å². The molecule has 1 heterocycles.